The van der Waals surface area contributed by atoms with Gasteiger partial charge in [-0.25, -0.2) is 14.8 Å². The number of hydrogen-bond donors (Lipinski definition) is 4. The summed E-state index contributed by atoms with van der Waals surface area (Å²) in [6.07, 6.45) is 6.03. The normalized spacial score (nSPS) is 18.6. The highest BCUT2D eigenvalue weighted by atomic mass is 16.6. The van der Waals surface area contributed by atoms with Crippen molar-refractivity contribution in [3.63, 3.8) is 0 Å². The molecule has 2 unspecified atom stereocenters. The van der Waals surface area contributed by atoms with Gasteiger partial charge < -0.3 is 26.3 Å². The van der Waals surface area contributed by atoms with E-state index in [4.69, 9.17) is 16.2 Å². The standard InChI is InChI=1S/C20H25N7O6/c1-32-14(28)7-6-13(21)19(31)33-18(30)10-2-4-11(5-3-10)23-8-12-9-24-16-15(25-12)17(29)27-20(22)26-16/h2,4,9-11,13,23H,3,5-8,21H2,1H3,(H3,22,24,26,27,29)/t10?,11?,13-/m0/s1. The van der Waals surface area contributed by atoms with Gasteiger partial charge in [-0.15, -0.1) is 0 Å². The van der Waals surface area contributed by atoms with Crippen LogP contribution in [0.1, 0.15) is 31.4 Å². The zero-order valence-corrected chi connectivity index (χ0v) is 17.9. The second-order valence-electron chi connectivity index (χ2n) is 7.50. The number of ether oxygens (including phenoxy) is 2. The van der Waals surface area contributed by atoms with Crippen molar-refractivity contribution in [3.8, 4) is 0 Å². The second-order valence-corrected chi connectivity index (χ2v) is 7.50. The van der Waals surface area contributed by atoms with Crippen molar-refractivity contribution in [2.75, 3.05) is 12.8 Å². The first-order chi connectivity index (χ1) is 15.8. The van der Waals surface area contributed by atoms with Crippen molar-refractivity contribution < 1.29 is 23.9 Å². The molecule has 33 heavy (non-hydrogen) atoms. The van der Waals surface area contributed by atoms with Gasteiger partial charge in [0.1, 0.15) is 6.04 Å². The Labute approximate surface area is 188 Å². The Bertz CT molecular complexity index is 1130. The minimum atomic E-state index is -1.09. The van der Waals surface area contributed by atoms with Crippen molar-refractivity contribution in [1.82, 2.24) is 25.3 Å². The molecule has 0 saturated heterocycles. The van der Waals surface area contributed by atoms with Crippen LogP contribution in [0.25, 0.3) is 11.2 Å². The number of esters is 3. The maximum Gasteiger partial charge on any atom is 0.330 e. The molecule has 3 rings (SSSR count). The number of fused-ring (bicyclic) bond motifs is 1. The van der Waals surface area contributed by atoms with Gasteiger partial charge in [-0.2, -0.15) is 4.98 Å². The van der Waals surface area contributed by atoms with Gasteiger partial charge in [0.2, 0.25) is 5.95 Å². The molecular weight excluding hydrogens is 434 g/mol. The highest BCUT2D eigenvalue weighted by Crippen LogP contribution is 2.20. The van der Waals surface area contributed by atoms with Crippen LogP contribution >= 0.6 is 0 Å². The molecule has 0 bridgehead atoms. The smallest absolute Gasteiger partial charge is 0.330 e. The minimum absolute atomic E-state index is 0.0261. The van der Waals surface area contributed by atoms with E-state index < -0.39 is 35.4 Å². The van der Waals surface area contributed by atoms with E-state index in [-0.39, 0.29) is 36.0 Å². The van der Waals surface area contributed by atoms with Crippen LogP contribution in [0.5, 0.6) is 0 Å². The second kappa shape index (κ2) is 10.7. The van der Waals surface area contributed by atoms with Crippen LogP contribution in [0.4, 0.5) is 5.95 Å². The summed E-state index contributed by atoms with van der Waals surface area (Å²) >= 11 is 0. The van der Waals surface area contributed by atoms with Gasteiger partial charge in [-0.05, 0) is 19.3 Å². The summed E-state index contributed by atoms with van der Waals surface area (Å²) in [7, 11) is 1.23. The number of nitrogens with two attached hydrogens (primary N) is 2. The van der Waals surface area contributed by atoms with Gasteiger partial charge in [-0.1, -0.05) is 12.2 Å². The third-order valence-electron chi connectivity index (χ3n) is 5.09. The first-order valence-corrected chi connectivity index (χ1v) is 10.3. The Morgan fingerprint density at radius 3 is 2.76 bits per heavy atom. The lowest BCUT2D eigenvalue weighted by molar-refractivity contribution is -0.162. The fraction of sp³-hybridized carbons (Fsp3) is 0.450. The lowest BCUT2D eigenvalue weighted by atomic mass is 9.93. The summed E-state index contributed by atoms with van der Waals surface area (Å²) in [4.78, 5) is 61.9. The van der Waals surface area contributed by atoms with E-state index in [1.165, 1.54) is 13.3 Å². The average molecular weight is 459 g/mol. The van der Waals surface area contributed by atoms with Crippen molar-refractivity contribution in [1.29, 1.82) is 0 Å². The molecule has 2 aromatic heterocycles. The number of nitrogens with one attached hydrogen (secondary N) is 2. The third-order valence-corrected chi connectivity index (χ3v) is 5.09. The molecule has 0 spiro atoms. The van der Waals surface area contributed by atoms with Crippen molar-refractivity contribution >= 4 is 35.0 Å². The zero-order valence-electron chi connectivity index (χ0n) is 17.9. The van der Waals surface area contributed by atoms with Crippen LogP contribution in [0.2, 0.25) is 0 Å². The molecule has 176 valence electrons. The fourth-order valence-electron chi connectivity index (χ4n) is 3.22. The van der Waals surface area contributed by atoms with E-state index in [1.54, 1.807) is 12.2 Å². The van der Waals surface area contributed by atoms with Crippen LogP contribution < -0.4 is 22.3 Å². The number of anilines is 1. The molecular formula is C20H25N7O6. The Morgan fingerprint density at radius 2 is 2.06 bits per heavy atom. The topological polar surface area (TPSA) is 205 Å². The molecule has 6 N–H and O–H groups in total. The molecule has 1 aliphatic carbocycles. The number of hydrogen-bond acceptors (Lipinski definition) is 12. The summed E-state index contributed by atoms with van der Waals surface area (Å²) < 4.78 is 9.33. The maximum atomic E-state index is 12.2. The number of aromatic amines is 1. The van der Waals surface area contributed by atoms with Crippen LogP contribution in [-0.2, 0) is 30.4 Å². The Hall–Kier alpha value is -3.71. The van der Waals surface area contributed by atoms with Gasteiger partial charge in [0, 0.05) is 19.0 Å². The van der Waals surface area contributed by atoms with Gasteiger partial charge in [0.25, 0.3) is 5.56 Å². The van der Waals surface area contributed by atoms with E-state index in [0.29, 0.717) is 25.1 Å². The van der Waals surface area contributed by atoms with Gasteiger partial charge in [-0.3, -0.25) is 19.4 Å². The van der Waals surface area contributed by atoms with Crippen LogP contribution in [-0.4, -0.2) is 57.0 Å². The molecule has 0 aromatic carbocycles. The monoisotopic (exact) mass is 459 g/mol. The average Bonchev–Trinajstić information content (AvgIpc) is 2.81. The van der Waals surface area contributed by atoms with E-state index in [9.17, 15) is 19.2 Å². The van der Waals surface area contributed by atoms with Gasteiger partial charge in [0.15, 0.2) is 11.2 Å². The Balaban J connectivity index is 1.49. The van der Waals surface area contributed by atoms with E-state index in [2.05, 4.69) is 30.0 Å². The van der Waals surface area contributed by atoms with Crippen LogP contribution in [0.3, 0.4) is 0 Å². The van der Waals surface area contributed by atoms with E-state index >= 15 is 0 Å². The molecule has 0 radical (unpaired) electrons. The molecule has 0 fully saturated rings. The number of H-pyrrole nitrogens is 1. The summed E-state index contributed by atoms with van der Waals surface area (Å²) in [6, 6.07) is -1.13. The number of aromatic nitrogens is 4. The van der Waals surface area contributed by atoms with Crippen LogP contribution in [0, 0.1) is 5.92 Å². The quantitative estimate of drug-likeness (QED) is 0.215. The first-order valence-electron chi connectivity index (χ1n) is 10.3. The number of nitrogens with zero attached hydrogens (tertiary/aromatic N) is 3. The number of carbonyl (C=O) groups is 3. The highest BCUT2D eigenvalue weighted by molar-refractivity contribution is 5.90. The molecule has 1 aliphatic rings. The predicted molar refractivity (Wildman–Crippen MR) is 115 cm³/mol. The summed E-state index contributed by atoms with van der Waals surface area (Å²) in [5, 5.41) is 3.26. The van der Waals surface area contributed by atoms with Crippen molar-refractivity contribution in [2.24, 2.45) is 11.7 Å². The summed E-state index contributed by atoms with van der Waals surface area (Å²) in [5.74, 6) is -2.66. The summed E-state index contributed by atoms with van der Waals surface area (Å²) in [5.41, 5.74) is 11.5. The first kappa shape index (κ1) is 23.9. The third kappa shape index (κ3) is 6.40. The molecule has 0 amide bonds. The number of methoxy groups -OCH3 is 1. The van der Waals surface area contributed by atoms with E-state index in [1.807, 2.05) is 0 Å². The molecule has 3 atom stereocenters. The fourth-order valence-corrected chi connectivity index (χ4v) is 3.22. The predicted octanol–water partition coefficient (Wildman–Crippen LogP) is -0.930. The van der Waals surface area contributed by atoms with Gasteiger partial charge >= 0.3 is 17.9 Å². The molecule has 13 nitrogen and oxygen atoms in total. The largest absolute Gasteiger partial charge is 0.469 e. The van der Waals surface area contributed by atoms with Crippen molar-refractivity contribution in [2.45, 2.75) is 44.3 Å². The number of nitrogen functional groups attached to an aromatic ring is 1. The molecule has 2 aromatic rings. The van der Waals surface area contributed by atoms with Crippen molar-refractivity contribution in [3.05, 3.63) is 34.4 Å². The molecule has 13 heteroatoms. The number of carbonyl (C=O) groups excluding carboxylic acids is 3. The Kier molecular flexibility index (Phi) is 7.79. The SMILES string of the molecule is COC(=O)CC[C@H](N)C(=O)OC(=O)C1C=CC(NCc2cnc3nc(N)[nH]c(=O)c3n2)CC1. The summed E-state index contributed by atoms with van der Waals surface area (Å²) in [6.45, 7) is 0.338. The molecule has 0 saturated carbocycles. The lowest BCUT2D eigenvalue weighted by Crippen LogP contribution is -2.37. The zero-order chi connectivity index (χ0) is 24.0. The molecule has 0 aliphatic heterocycles. The number of rotatable bonds is 8. The van der Waals surface area contributed by atoms with E-state index in [0.717, 1.165) is 0 Å². The highest BCUT2D eigenvalue weighted by Gasteiger charge is 2.27. The minimum Gasteiger partial charge on any atom is -0.469 e. The maximum absolute atomic E-state index is 12.2. The van der Waals surface area contributed by atoms with Gasteiger partial charge in [0.05, 0.1) is 24.9 Å². The Morgan fingerprint density at radius 1 is 1.27 bits per heavy atom. The van der Waals surface area contributed by atoms with Crippen LogP contribution in [0.15, 0.2) is 23.1 Å². The lowest BCUT2D eigenvalue weighted by Gasteiger charge is -2.22. The molecule has 2 heterocycles.